The van der Waals surface area contributed by atoms with Gasteiger partial charge in [-0.1, -0.05) is 24.8 Å². The molecule has 1 saturated heterocycles. The van der Waals surface area contributed by atoms with Crippen molar-refractivity contribution in [2.75, 3.05) is 6.54 Å². The summed E-state index contributed by atoms with van der Waals surface area (Å²) in [6, 6.07) is 9.04. The third-order valence-corrected chi connectivity index (χ3v) is 3.38. The van der Waals surface area contributed by atoms with Crippen LogP contribution in [0.15, 0.2) is 42.7 Å². The molecule has 1 aromatic carbocycles. The van der Waals surface area contributed by atoms with E-state index in [0.717, 1.165) is 13.0 Å². The molecule has 1 N–H and O–H groups in total. The summed E-state index contributed by atoms with van der Waals surface area (Å²) in [5, 5.41) is 1.35. The molecule has 0 bridgehead atoms. The van der Waals surface area contributed by atoms with Gasteiger partial charge < -0.3 is 9.88 Å². The predicted octanol–water partition coefficient (Wildman–Crippen LogP) is 2.93. The molecular weight excluding hydrogens is 196 g/mol. The third kappa shape index (κ3) is 1.51. The second-order valence-corrected chi connectivity index (χ2v) is 4.61. The highest BCUT2D eigenvalue weighted by Crippen LogP contribution is 2.27. The van der Waals surface area contributed by atoms with Gasteiger partial charge in [0.1, 0.15) is 0 Å². The minimum atomic E-state index is 0.562. The Labute approximate surface area is 95.6 Å². The highest BCUT2D eigenvalue weighted by molar-refractivity contribution is 5.83. The highest BCUT2D eigenvalue weighted by atomic mass is 15.3. The molecule has 2 heteroatoms. The number of nitrogens with one attached hydrogen (secondary N) is 1. The summed E-state index contributed by atoms with van der Waals surface area (Å²) in [5.74, 6) is 0. The van der Waals surface area contributed by atoms with Gasteiger partial charge in [-0.2, -0.15) is 0 Å². The van der Waals surface area contributed by atoms with Crippen LogP contribution < -0.4 is 0 Å². The fourth-order valence-electron chi connectivity index (χ4n) is 2.36. The Bertz CT molecular complexity index is 538. The lowest BCUT2D eigenvalue weighted by atomic mass is 10.1. The minimum Gasteiger partial charge on any atom is -0.365 e. The van der Waals surface area contributed by atoms with Gasteiger partial charge in [0.2, 0.25) is 0 Å². The first-order valence-corrected chi connectivity index (χ1v) is 5.75. The zero-order valence-corrected chi connectivity index (χ0v) is 9.53. The number of nitrogens with zero attached hydrogens (tertiary/aromatic N) is 1. The van der Waals surface area contributed by atoms with Crippen molar-refractivity contribution >= 4 is 10.9 Å². The molecule has 16 heavy (non-hydrogen) atoms. The van der Waals surface area contributed by atoms with Gasteiger partial charge in [-0.3, -0.25) is 0 Å². The van der Waals surface area contributed by atoms with Crippen LogP contribution in [-0.2, 0) is 6.42 Å². The summed E-state index contributed by atoms with van der Waals surface area (Å²) in [5.41, 5.74) is 3.91. The maximum atomic E-state index is 3.98. The van der Waals surface area contributed by atoms with Crippen LogP contribution in [0.5, 0.6) is 0 Å². The standard InChI is InChI=1S/C14H16N2/c1-10(16-9-11(16)2)7-12-8-15-14-6-4-3-5-13(12)14/h3-6,8,10,15H,2,7,9H2,1H3. The first-order chi connectivity index (χ1) is 7.75. The van der Waals surface area contributed by atoms with Gasteiger partial charge in [-0.15, -0.1) is 0 Å². The van der Waals surface area contributed by atoms with E-state index in [1.54, 1.807) is 0 Å². The lowest BCUT2D eigenvalue weighted by molar-refractivity contribution is 0.444. The van der Waals surface area contributed by atoms with E-state index in [4.69, 9.17) is 0 Å². The number of benzene rings is 1. The molecule has 82 valence electrons. The summed E-state index contributed by atoms with van der Waals surface area (Å²) < 4.78 is 0. The van der Waals surface area contributed by atoms with E-state index in [-0.39, 0.29) is 0 Å². The lowest BCUT2D eigenvalue weighted by Crippen LogP contribution is -2.16. The van der Waals surface area contributed by atoms with Crippen molar-refractivity contribution in [2.24, 2.45) is 0 Å². The number of hydrogen-bond donors (Lipinski definition) is 1. The SMILES string of the molecule is C=C1CN1C(C)Cc1c[nH]c2ccccc12. The number of hydrogen-bond acceptors (Lipinski definition) is 1. The van der Waals surface area contributed by atoms with Crippen LogP contribution in [0.25, 0.3) is 10.9 Å². The van der Waals surface area contributed by atoms with Crippen LogP contribution in [-0.4, -0.2) is 22.5 Å². The lowest BCUT2D eigenvalue weighted by Gasteiger charge is -2.12. The summed E-state index contributed by atoms with van der Waals surface area (Å²) in [7, 11) is 0. The molecule has 1 aliphatic heterocycles. The fraction of sp³-hybridized carbons (Fsp3) is 0.286. The normalized spacial score (nSPS) is 16.8. The summed E-state index contributed by atoms with van der Waals surface area (Å²) in [6.07, 6.45) is 3.22. The highest BCUT2D eigenvalue weighted by Gasteiger charge is 2.28. The van der Waals surface area contributed by atoms with Crippen LogP contribution in [0.2, 0.25) is 0 Å². The average Bonchev–Trinajstić information content (AvgIpc) is 2.89. The smallest absolute Gasteiger partial charge is 0.0573 e. The minimum absolute atomic E-state index is 0.562. The molecule has 1 fully saturated rings. The van der Waals surface area contributed by atoms with Crippen molar-refractivity contribution in [1.29, 1.82) is 0 Å². The molecule has 0 spiro atoms. The van der Waals surface area contributed by atoms with E-state index in [0.29, 0.717) is 6.04 Å². The van der Waals surface area contributed by atoms with E-state index in [1.807, 2.05) is 0 Å². The van der Waals surface area contributed by atoms with E-state index < -0.39 is 0 Å². The molecule has 2 nitrogen and oxygen atoms in total. The molecule has 2 heterocycles. The van der Waals surface area contributed by atoms with Gasteiger partial charge in [0, 0.05) is 28.8 Å². The van der Waals surface area contributed by atoms with Crippen molar-refractivity contribution in [3.05, 3.63) is 48.3 Å². The quantitative estimate of drug-likeness (QED) is 0.775. The van der Waals surface area contributed by atoms with Crippen molar-refractivity contribution in [1.82, 2.24) is 9.88 Å². The van der Waals surface area contributed by atoms with Crippen LogP contribution in [0.4, 0.5) is 0 Å². The van der Waals surface area contributed by atoms with Gasteiger partial charge in [0.05, 0.1) is 6.54 Å². The molecule has 0 aliphatic carbocycles. The summed E-state index contributed by atoms with van der Waals surface area (Å²) in [4.78, 5) is 5.67. The van der Waals surface area contributed by atoms with Gasteiger partial charge in [-0.05, 0) is 25.0 Å². The monoisotopic (exact) mass is 212 g/mol. The van der Waals surface area contributed by atoms with Gasteiger partial charge >= 0.3 is 0 Å². The van der Waals surface area contributed by atoms with E-state index in [2.05, 4.69) is 53.8 Å². The Kier molecular flexibility index (Phi) is 2.03. The van der Waals surface area contributed by atoms with Crippen molar-refractivity contribution in [3.63, 3.8) is 0 Å². The number of aromatic nitrogens is 1. The predicted molar refractivity (Wildman–Crippen MR) is 67.3 cm³/mol. The molecule has 0 amide bonds. The fourth-order valence-corrected chi connectivity index (χ4v) is 2.36. The first-order valence-electron chi connectivity index (χ1n) is 5.75. The Morgan fingerprint density at radius 2 is 2.19 bits per heavy atom. The first kappa shape index (κ1) is 9.52. The van der Waals surface area contributed by atoms with E-state index in [9.17, 15) is 0 Å². The van der Waals surface area contributed by atoms with Crippen LogP contribution >= 0.6 is 0 Å². The van der Waals surface area contributed by atoms with Crippen molar-refractivity contribution in [3.8, 4) is 0 Å². The molecule has 2 aromatic rings. The largest absolute Gasteiger partial charge is 0.365 e. The number of rotatable bonds is 3. The molecular formula is C14H16N2. The van der Waals surface area contributed by atoms with Crippen LogP contribution in [0, 0.1) is 0 Å². The number of para-hydroxylation sites is 1. The zero-order valence-electron chi connectivity index (χ0n) is 9.53. The van der Waals surface area contributed by atoms with Gasteiger partial charge in [0.15, 0.2) is 0 Å². The maximum Gasteiger partial charge on any atom is 0.0573 e. The molecule has 0 radical (unpaired) electrons. The zero-order chi connectivity index (χ0) is 11.1. The Morgan fingerprint density at radius 3 is 2.94 bits per heavy atom. The number of H-pyrrole nitrogens is 1. The van der Waals surface area contributed by atoms with Crippen molar-refractivity contribution < 1.29 is 0 Å². The second-order valence-electron chi connectivity index (χ2n) is 4.61. The Hall–Kier alpha value is -1.70. The molecule has 1 unspecified atom stereocenters. The Morgan fingerprint density at radius 1 is 1.44 bits per heavy atom. The summed E-state index contributed by atoms with van der Waals surface area (Å²) >= 11 is 0. The van der Waals surface area contributed by atoms with Gasteiger partial charge in [-0.25, -0.2) is 0 Å². The summed E-state index contributed by atoms with van der Waals surface area (Å²) in [6.45, 7) is 7.32. The molecule has 3 rings (SSSR count). The maximum absolute atomic E-state index is 3.98. The van der Waals surface area contributed by atoms with Crippen molar-refractivity contribution in [2.45, 2.75) is 19.4 Å². The topological polar surface area (TPSA) is 18.8 Å². The second kappa shape index (κ2) is 3.41. The molecule has 0 saturated carbocycles. The van der Waals surface area contributed by atoms with Crippen LogP contribution in [0.1, 0.15) is 12.5 Å². The Balaban J connectivity index is 1.86. The van der Waals surface area contributed by atoms with E-state index in [1.165, 1.54) is 22.2 Å². The number of aromatic amines is 1. The molecule has 1 aliphatic rings. The third-order valence-electron chi connectivity index (χ3n) is 3.38. The number of fused-ring (bicyclic) bond motifs is 1. The molecule has 1 atom stereocenters. The molecule has 1 aromatic heterocycles. The average molecular weight is 212 g/mol. The van der Waals surface area contributed by atoms with Gasteiger partial charge in [0.25, 0.3) is 0 Å². The van der Waals surface area contributed by atoms with E-state index >= 15 is 0 Å². The van der Waals surface area contributed by atoms with Crippen LogP contribution in [0.3, 0.4) is 0 Å².